The lowest BCUT2D eigenvalue weighted by molar-refractivity contribution is -0.281. The molecule has 9 nitrogen and oxygen atoms in total. The second-order valence-electron chi connectivity index (χ2n) is 4.85. The molecule has 2 unspecified atom stereocenters. The summed E-state index contributed by atoms with van der Waals surface area (Å²) < 4.78 is 25.9. The Hall–Kier alpha value is -0.350. The molecule has 1 saturated heterocycles. The molecule has 0 saturated carbocycles. The molecule has 0 aromatic rings. The predicted octanol–water partition coefficient (Wildman–Crippen LogP) is -1.11. The van der Waals surface area contributed by atoms with Gasteiger partial charge in [0.2, 0.25) is 0 Å². The van der Waals surface area contributed by atoms with Crippen LogP contribution in [0.5, 0.6) is 0 Å². The van der Waals surface area contributed by atoms with Crippen molar-refractivity contribution in [2.24, 2.45) is 0 Å². The summed E-state index contributed by atoms with van der Waals surface area (Å²) in [5, 5.41) is 37.7. The smallest absolute Gasteiger partial charge is 0.394 e. The van der Waals surface area contributed by atoms with Gasteiger partial charge in [-0.15, -0.1) is 0 Å². The maximum Gasteiger partial charge on any atom is 0.474 e. The lowest BCUT2D eigenvalue weighted by atomic mass is 10.00. The van der Waals surface area contributed by atoms with E-state index in [9.17, 15) is 24.8 Å². The number of allylic oxidation sites excluding steroid dienone is 1. The standard InChI is InChI=1S/C11H21O9P/c1-6(2)3-4-18-21(16,17)20-11-10(15)9(14)8(13)7(5-12)19-11/h3,7-15H,4-5H2,1-2H3,(H,16,17)/t7-,8-,9+,10-,11?/m1/s1. The van der Waals surface area contributed by atoms with Crippen molar-refractivity contribution in [1.29, 1.82) is 0 Å². The zero-order valence-corrected chi connectivity index (χ0v) is 12.6. The molecule has 1 aliphatic heterocycles. The van der Waals surface area contributed by atoms with Crippen LogP contribution in [0.15, 0.2) is 11.6 Å². The van der Waals surface area contributed by atoms with E-state index in [1.54, 1.807) is 19.9 Å². The number of ether oxygens (including phenoxy) is 1. The molecule has 0 aromatic carbocycles. The molecule has 124 valence electrons. The van der Waals surface area contributed by atoms with Gasteiger partial charge in [-0.1, -0.05) is 11.6 Å². The van der Waals surface area contributed by atoms with E-state index in [0.29, 0.717) is 0 Å². The Morgan fingerprint density at radius 3 is 2.38 bits per heavy atom. The molecule has 1 fully saturated rings. The molecule has 0 aliphatic carbocycles. The van der Waals surface area contributed by atoms with Crippen LogP contribution >= 0.6 is 7.82 Å². The molecule has 0 spiro atoms. The number of phosphoric ester groups is 1. The van der Waals surface area contributed by atoms with E-state index in [2.05, 4.69) is 9.05 Å². The second kappa shape index (κ2) is 7.77. The van der Waals surface area contributed by atoms with Gasteiger partial charge in [0.1, 0.15) is 24.4 Å². The summed E-state index contributed by atoms with van der Waals surface area (Å²) in [7, 11) is -4.54. The minimum Gasteiger partial charge on any atom is -0.394 e. The van der Waals surface area contributed by atoms with Crippen LogP contribution in [0.4, 0.5) is 0 Å². The number of hydrogen-bond donors (Lipinski definition) is 5. The molecule has 1 aliphatic rings. The highest BCUT2D eigenvalue weighted by molar-refractivity contribution is 7.47. The van der Waals surface area contributed by atoms with Crippen LogP contribution in [0.2, 0.25) is 0 Å². The Labute approximate surface area is 122 Å². The van der Waals surface area contributed by atoms with Gasteiger partial charge in [-0.05, 0) is 13.8 Å². The van der Waals surface area contributed by atoms with Crippen molar-refractivity contribution in [3.8, 4) is 0 Å². The first-order chi connectivity index (χ1) is 9.68. The summed E-state index contributed by atoms with van der Waals surface area (Å²) in [5.74, 6) is 0. The number of aliphatic hydroxyl groups excluding tert-OH is 4. The third-order valence-electron chi connectivity index (χ3n) is 2.81. The molecule has 5 N–H and O–H groups in total. The number of rotatable bonds is 6. The van der Waals surface area contributed by atoms with E-state index in [-0.39, 0.29) is 6.61 Å². The average molecular weight is 328 g/mol. The Balaban J connectivity index is 2.67. The van der Waals surface area contributed by atoms with Crippen molar-refractivity contribution in [3.63, 3.8) is 0 Å². The largest absolute Gasteiger partial charge is 0.474 e. The fraction of sp³-hybridized carbons (Fsp3) is 0.818. The molecular weight excluding hydrogens is 307 g/mol. The van der Waals surface area contributed by atoms with Crippen LogP contribution in [0.3, 0.4) is 0 Å². The lowest BCUT2D eigenvalue weighted by Crippen LogP contribution is -2.58. The summed E-state index contributed by atoms with van der Waals surface area (Å²) >= 11 is 0. The minimum atomic E-state index is -4.54. The third kappa shape index (κ3) is 5.41. The second-order valence-corrected chi connectivity index (χ2v) is 6.25. The van der Waals surface area contributed by atoms with Gasteiger partial charge in [0.15, 0.2) is 6.29 Å². The number of hydrogen-bond acceptors (Lipinski definition) is 8. The average Bonchev–Trinajstić information content (AvgIpc) is 2.38. The topological polar surface area (TPSA) is 146 Å². The number of phosphoric acid groups is 1. The zero-order chi connectivity index (χ0) is 16.2. The molecule has 21 heavy (non-hydrogen) atoms. The first-order valence-electron chi connectivity index (χ1n) is 6.27. The van der Waals surface area contributed by atoms with Gasteiger partial charge in [0.05, 0.1) is 13.2 Å². The van der Waals surface area contributed by atoms with Crippen molar-refractivity contribution in [3.05, 3.63) is 11.6 Å². The van der Waals surface area contributed by atoms with Gasteiger partial charge in [-0.2, -0.15) is 0 Å². The molecule has 1 heterocycles. The van der Waals surface area contributed by atoms with Crippen molar-refractivity contribution >= 4 is 7.82 Å². The van der Waals surface area contributed by atoms with Crippen molar-refractivity contribution in [1.82, 2.24) is 0 Å². The Kier molecular flexibility index (Phi) is 6.92. The highest BCUT2D eigenvalue weighted by Crippen LogP contribution is 2.46. The van der Waals surface area contributed by atoms with Gasteiger partial charge >= 0.3 is 7.82 Å². The van der Waals surface area contributed by atoms with Crippen molar-refractivity contribution in [2.75, 3.05) is 13.2 Å². The zero-order valence-electron chi connectivity index (χ0n) is 11.7. The van der Waals surface area contributed by atoms with Crippen LogP contribution in [-0.4, -0.2) is 69.2 Å². The Morgan fingerprint density at radius 1 is 1.24 bits per heavy atom. The third-order valence-corrected chi connectivity index (χ3v) is 3.76. The van der Waals surface area contributed by atoms with Gasteiger partial charge in [-0.3, -0.25) is 9.05 Å². The molecule has 10 heteroatoms. The summed E-state index contributed by atoms with van der Waals surface area (Å²) in [4.78, 5) is 9.49. The Morgan fingerprint density at radius 2 is 1.86 bits per heavy atom. The van der Waals surface area contributed by atoms with Crippen LogP contribution in [-0.2, 0) is 18.3 Å². The summed E-state index contributed by atoms with van der Waals surface area (Å²) in [5.41, 5.74) is 0.864. The summed E-state index contributed by atoms with van der Waals surface area (Å²) in [6, 6.07) is 0. The van der Waals surface area contributed by atoms with Crippen LogP contribution in [0.25, 0.3) is 0 Å². The summed E-state index contributed by atoms with van der Waals surface area (Å²) in [6.45, 7) is 2.68. The maximum absolute atomic E-state index is 11.7. The Bertz CT molecular complexity index is 406. The first-order valence-corrected chi connectivity index (χ1v) is 7.77. The van der Waals surface area contributed by atoms with Crippen LogP contribution in [0.1, 0.15) is 13.8 Å². The van der Waals surface area contributed by atoms with Gasteiger partial charge in [0.25, 0.3) is 0 Å². The van der Waals surface area contributed by atoms with Crippen molar-refractivity contribution < 1.29 is 43.7 Å². The predicted molar refractivity (Wildman–Crippen MR) is 70.1 cm³/mol. The molecule has 0 amide bonds. The van der Waals surface area contributed by atoms with Gasteiger partial charge in [0, 0.05) is 0 Å². The molecule has 6 atom stereocenters. The first kappa shape index (κ1) is 18.7. The van der Waals surface area contributed by atoms with E-state index in [0.717, 1.165) is 5.57 Å². The molecule has 0 radical (unpaired) electrons. The highest BCUT2D eigenvalue weighted by Gasteiger charge is 2.46. The minimum absolute atomic E-state index is 0.187. The van der Waals surface area contributed by atoms with E-state index in [1.165, 1.54) is 0 Å². The van der Waals surface area contributed by atoms with E-state index < -0.39 is 45.1 Å². The monoisotopic (exact) mass is 328 g/mol. The fourth-order valence-corrected chi connectivity index (χ4v) is 2.38. The summed E-state index contributed by atoms with van der Waals surface area (Å²) in [6.07, 6.45) is -6.45. The van der Waals surface area contributed by atoms with Gasteiger partial charge in [-0.25, -0.2) is 4.57 Å². The SMILES string of the molecule is CC(C)=CCOP(=O)(O)OC1O[C@H](CO)[C@@H](O)[C@H](O)[C@H]1O. The highest BCUT2D eigenvalue weighted by atomic mass is 31.2. The van der Waals surface area contributed by atoms with Gasteiger partial charge < -0.3 is 30.1 Å². The molecule has 0 aromatic heterocycles. The maximum atomic E-state index is 11.7. The van der Waals surface area contributed by atoms with E-state index in [4.69, 9.17) is 9.84 Å². The quantitative estimate of drug-likeness (QED) is 0.302. The van der Waals surface area contributed by atoms with Crippen LogP contribution < -0.4 is 0 Å². The lowest BCUT2D eigenvalue weighted by Gasteiger charge is -2.39. The normalized spacial score (nSPS) is 36.0. The fourth-order valence-electron chi connectivity index (χ4n) is 1.61. The van der Waals surface area contributed by atoms with E-state index >= 15 is 0 Å². The van der Waals surface area contributed by atoms with Crippen molar-refractivity contribution in [2.45, 2.75) is 44.6 Å². The molecule has 0 bridgehead atoms. The number of aliphatic hydroxyl groups is 4. The van der Waals surface area contributed by atoms with E-state index in [1.807, 2.05) is 0 Å². The molecular formula is C11H21O9P. The molecule has 1 rings (SSSR count). The van der Waals surface area contributed by atoms with Crippen LogP contribution in [0, 0.1) is 0 Å².